The summed E-state index contributed by atoms with van der Waals surface area (Å²) in [4.78, 5) is 15.7. The average molecular weight is 398 g/mol. The zero-order valence-corrected chi connectivity index (χ0v) is 15.3. The van der Waals surface area contributed by atoms with E-state index in [0.717, 1.165) is 21.4 Å². The second-order valence-electron chi connectivity index (χ2n) is 5.53. The molecule has 0 spiro atoms. The van der Waals surface area contributed by atoms with Crippen LogP contribution in [-0.2, 0) is 0 Å². The summed E-state index contributed by atoms with van der Waals surface area (Å²) in [5.74, 6) is 0.963. The molecule has 3 rings (SSSR count). The molecule has 2 aromatic carbocycles. The second kappa shape index (κ2) is 7.40. The number of hydrogen-bond donors (Lipinski definition) is 2. The monoisotopic (exact) mass is 397 g/mol. The first-order valence-corrected chi connectivity index (χ1v) is 8.41. The quantitative estimate of drug-likeness (QED) is 0.610. The smallest absolute Gasteiger partial charge is 0.249 e. The van der Waals surface area contributed by atoms with Crippen molar-refractivity contribution in [3.8, 4) is 0 Å². The van der Waals surface area contributed by atoms with Gasteiger partial charge in [0.1, 0.15) is 0 Å². The van der Waals surface area contributed by atoms with E-state index in [4.69, 9.17) is 0 Å². The average Bonchev–Trinajstić information content (AvgIpc) is 2.58. The van der Waals surface area contributed by atoms with Crippen molar-refractivity contribution in [3.63, 3.8) is 0 Å². The minimum absolute atomic E-state index is 0.0272. The molecule has 0 amide bonds. The fourth-order valence-corrected chi connectivity index (χ4v) is 2.79. The van der Waals surface area contributed by atoms with Gasteiger partial charge in [-0.05, 0) is 71.7 Å². The number of carbonyl (C=O) groups excluding carboxylic acids is 1. The summed E-state index contributed by atoms with van der Waals surface area (Å²) in [6.07, 6.45) is 1.55. The van der Waals surface area contributed by atoms with Crippen LogP contribution in [0.4, 0.5) is 23.1 Å². The van der Waals surface area contributed by atoms with E-state index in [0.29, 0.717) is 17.3 Å². The lowest BCUT2D eigenvalue weighted by Crippen LogP contribution is -2.03. The molecule has 0 fully saturated rings. The third-order valence-corrected chi connectivity index (χ3v) is 4.15. The minimum atomic E-state index is 0.0272. The SMILES string of the molecule is CC(=O)c1ccc(Nc2nncc(Nc3ccc(C)cc3Br)n2)cc1. The van der Waals surface area contributed by atoms with E-state index < -0.39 is 0 Å². The van der Waals surface area contributed by atoms with Gasteiger partial charge in [0.15, 0.2) is 11.6 Å². The van der Waals surface area contributed by atoms with Crippen LogP contribution in [0.3, 0.4) is 0 Å². The van der Waals surface area contributed by atoms with E-state index in [-0.39, 0.29) is 5.78 Å². The molecule has 3 aromatic rings. The Morgan fingerprint density at radius 2 is 1.84 bits per heavy atom. The predicted octanol–water partition coefficient (Wildman–Crippen LogP) is 4.63. The lowest BCUT2D eigenvalue weighted by atomic mass is 10.1. The molecule has 0 saturated heterocycles. The van der Waals surface area contributed by atoms with Crippen LogP contribution in [0, 0.1) is 6.92 Å². The molecule has 0 unspecified atom stereocenters. The molecule has 0 aliphatic heterocycles. The number of aromatic nitrogens is 3. The number of carbonyl (C=O) groups is 1. The highest BCUT2D eigenvalue weighted by Crippen LogP contribution is 2.26. The number of nitrogens with zero attached hydrogens (tertiary/aromatic N) is 3. The Bertz CT molecular complexity index is 912. The Labute approximate surface area is 153 Å². The third kappa shape index (κ3) is 4.39. The van der Waals surface area contributed by atoms with Crippen molar-refractivity contribution >= 4 is 44.9 Å². The van der Waals surface area contributed by atoms with Crippen LogP contribution in [0.1, 0.15) is 22.8 Å². The Morgan fingerprint density at radius 1 is 1.08 bits per heavy atom. The van der Waals surface area contributed by atoms with Crippen LogP contribution in [0.15, 0.2) is 53.1 Å². The van der Waals surface area contributed by atoms with E-state index in [2.05, 4.69) is 41.7 Å². The second-order valence-corrected chi connectivity index (χ2v) is 6.39. The number of halogens is 1. The van der Waals surface area contributed by atoms with Crippen LogP contribution >= 0.6 is 15.9 Å². The molecule has 7 heteroatoms. The van der Waals surface area contributed by atoms with E-state index in [1.54, 1.807) is 30.5 Å². The zero-order chi connectivity index (χ0) is 17.8. The van der Waals surface area contributed by atoms with Crippen molar-refractivity contribution in [1.82, 2.24) is 15.2 Å². The van der Waals surface area contributed by atoms with Crippen LogP contribution in [0.5, 0.6) is 0 Å². The van der Waals surface area contributed by atoms with Crippen LogP contribution in [0.2, 0.25) is 0 Å². The standard InChI is InChI=1S/C18H16BrN5O/c1-11-3-8-16(15(19)9-11)22-17-10-20-24-18(23-17)21-14-6-4-13(5-7-14)12(2)25/h3-10H,1-2H3,(H2,21,22,23,24). The Balaban J connectivity index is 1.76. The highest BCUT2D eigenvalue weighted by molar-refractivity contribution is 9.10. The molecule has 0 aliphatic rings. The van der Waals surface area contributed by atoms with Gasteiger partial charge in [0.05, 0.1) is 11.9 Å². The van der Waals surface area contributed by atoms with Gasteiger partial charge in [0, 0.05) is 15.7 Å². The summed E-state index contributed by atoms with van der Waals surface area (Å²) in [6.45, 7) is 3.56. The summed E-state index contributed by atoms with van der Waals surface area (Å²) in [5, 5.41) is 14.2. The maximum Gasteiger partial charge on any atom is 0.249 e. The van der Waals surface area contributed by atoms with Crippen molar-refractivity contribution in [2.45, 2.75) is 13.8 Å². The number of rotatable bonds is 5. The summed E-state index contributed by atoms with van der Waals surface area (Å²) in [7, 11) is 0. The highest BCUT2D eigenvalue weighted by atomic mass is 79.9. The number of ketones is 1. The van der Waals surface area contributed by atoms with E-state index in [9.17, 15) is 4.79 Å². The number of hydrogen-bond acceptors (Lipinski definition) is 6. The van der Waals surface area contributed by atoms with Gasteiger partial charge in [-0.2, -0.15) is 10.1 Å². The molecule has 25 heavy (non-hydrogen) atoms. The molecule has 1 heterocycles. The molecule has 126 valence electrons. The number of nitrogens with one attached hydrogen (secondary N) is 2. The summed E-state index contributed by atoms with van der Waals surface area (Å²) in [6, 6.07) is 13.1. The summed E-state index contributed by atoms with van der Waals surface area (Å²) >= 11 is 3.53. The first-order chi connectivity index (χ1) is 12.0. The first-order valence-electron chi connectivity index (χ1n) is 7.62. The van der Waals surface area contributed by atoms with Gasteiger partial charge in [-0.25, -0.2) is 0 Å². The van der Waals surface area contributed by atoms with Gasteiger partial charge in [-0.3, -0.25) is 4.79 Å². The maximum atomic E-state index is 11.3. The van der Waals surface area contributed by atoms with E-state index >= 15 is 0 Å². The topological polar surface area (TPSA) is 79.8 Å². The Hall–Kier alpha value is -2.80. The van der Waals surface area contributed by atoms with Crippen molar-refractivity contribution in [3.05, 3.63) is 64.3 Å². The van der Waals surface area contributed by atoms with E-state index in [1.807, 2.05) is 25.1 Å². The molecular weight excluding hydrogens is 382 g/mol. The maximum absolute atomic E-state index is 11.3. The molecule has 6 nitrogen and oxygen atoms in total. The summed E-state index contributed by atoms with van der Waals surface area (Å²) in [5.41, 5.74) is 3.49. The molecule has 0 bridgehead atoms. The number of aryl methyl sites for hydroxylation is 1. The van der Waals surface area contributed by atoms with Gasteiger partial charge in [-0.1, -0.05) is 6.07 Å². The molecule has 2 N–H and O–H groups in total. The Kier molecular flexibility index (Phi) is 5.04. The normalized spacial score (nSPS) is 10.4. The van der Waals surface area contributed by atoms with E-state index in [1.165, 1.54) is 6.92 Å². The van der Waals surface area contributed by atoms with Gasteiger partial charge in [0.25, 0.3) is 0 Å². The summed E-state index contributed by atoms with van der Waals surface area (Å²) < 4.78 is 0.945. The number of anilines is 4. The molecule has 1 aromatic heterocycles. The zero-order valence-electron chi connectivity index (χ0n) is 13.7. The van der Waals surface area contributed by atoms with Gasteiger partial charge in [-0.15, -0.1) is 5.10 Å². The van der Waals surface area contributed by atoms with Crippen molar-refractivity contribution in [2.75, 3.05) is 10.6 Å². The third-order valence-electron chi connectivity index (χ3n) is 3.49. The van der Waals surface area contributed by atoms with Crippen LogP contribution in [0.25, 0.3) is 0 Å². The lowest BCUT2D eigenvalue weighted by Gasteiger charge is -2.10. The van der Waals surface area contributed by atoms with Crippen LogP contribution in [-0.4, -0.2) is 21.0 Å². The predicted molar refractivity (Wildman–Crippen MR) is 102 cm³/mol. The van der Waals surface area contributed by atoms with Gasteiger partial charge >= 0.3 is 0 Å². The van der Waals surface area contributed by atoms with Gasteiger partial charge in [0.2, 0.25) is 5.95 Å². The van der Waals surface area contributed by atoms with Crippen molar-refractivity contribution in [1.29, 1.82) is 0 Å². The minimum Gasteiger partial charge on any atom is -0.338 e. The highest BCUT2D eigenvalue weighted by Gasteiger charge is 2.05. The van der Waals surface area contributed by atoms with Gasteiger partial charge < -0.3 is 10.6 Å². The molecule has 0 aliphatic carbocycles. The molecule has 0 radical (unpaired) electrons. The fraction of sp³-hybridized carbons (Fsp3) is 0.111. The largest absolute Gasteiger partial charge is 0.338 e. The first kappa shape index (κ1) is 17.0. The molecule has 0 atom stereocenters. The number of Topliss-reactive ketones (excluding diaryl/α,β-unsaturated/α-hetero) is 1. The molecule has 0 saturated carbocycles. The Morgan fingerprint density at radius 3 is 2.52 bits per heavy atom. The number of benzene rings is 2. The van der Waals surface area contributed by atoms with Crippen molar-refractivity contribution < 1.29 is 4.79 Å². The molecular formula is C18H16BrN5O. The van der Waals surface area contributed by atoms with Crippen LogP contribution < -0.4 is 10.6 Å². The lowest BCUT2D eigenvalue weighted by molar-refractivity contribution is 0.101. The van der Waals surface area contributed by atoms with Crippen molar-refractivity contribution in [2.24, 2.45) is 0 Å². The fourth-order valence-electron chi connectivity index (χ4n) is 2.19.